The molecule has 106 valence electrons. The molecule has 0 aliphatic rings. The second kappa shape index (κ2) is 5.83. The van der Waals surface area contributed by atoms with Gasteiger partial charge in [0.1, 0.15) is 29.3 Å². The Morgan fingerprint density at radius 3 is 2.70 bits per heavy atom. The van der Waals surface area contributed by atoms with Gasteiger partial charge in [-0.3, -0.25) is 4.79 Å². The number of halogens is 2. The highest BCUT2D eigenvalue weighted by atomic mass is 19.1. The third-order valence-electron chi connectivity index (χ3n) is 2.72. The molecule has 0 aliphatic heterocycles. The van der Waals surface area contributed by atoms with Crippen LogP contribution in [0.5, 0.6) is 0 Å². The summed E-state index contributed by atoms with van der Waals surface area (Å²) in [5.41, 5.74) is -0.283. The lowest BCUT2D eigenvalue weighted by atomic mass is 10.2. The highest BCUT2D eigenvalue weighted by Crippen LogP contribution is 2.15. The molecule has 1 unspecified atom stereocenters. The van der Waals surface area contributed by atoms with E-state index in [9.17, 15) is 18.7 Å². The van der Waals surface area contributed by atoms with Gasteiger partial charge in [0, 0.05) is 6.07 Å². The first-order valence-electron chi connectivity index (χ1n) is 5.95. The standard InChI is InChI=1S/C14H13F2NO3/c1-8-2-5-13(20-8)12(18)7-17-14(19)10-4-3-9(15)6-11(10)16/h2-6,12,18H,7H2,1H3,(H,17,19). The van der Waals surface area contributed by atoms with Gasteiger partial charge in [-0.25, -0.2) is 8.78 Å². The molecule has 1 atom stereocenters. The molecule has 0 radical (unpaired) electrons. The smallest absolute Gasteiger partial charge is 0.254 e. The van der Waals surface area contributed by atoms with Gasteiger partial charge in [-0.2, -0.15) is 0 Å². The summed E-state index contributed by atoms with van der Waals surface area (Å²) >= 11 is 0. The van der Waals surface area contributed by atoms with Gasteiger partial charge >= 0.3 is 0 Å². The Bertz CT molecular complexity index is 625. The van der Waals surface area contributed by atoms with Gasteiger partial charge in [-0.05, 0) is 31.2 Å². The Morgan fingerprint density at radius 2 is 2.10 bits per heavy atom. The average molecular weight is 281 g/mol. The summed E-state index contributed by atoms with van der Waals surface area (Å²) in [6.07, 6.45) is -1.03. The zero-order valence-electron chi connectivity index (χ0n) is 10.7. The van der Waals surface area contributed by atoms with Gasteiger partial charge in [0.2, 0.25) is 0 Å². The molecule has 0 saturated heterocycles. The average Bonchev–Trinajstić information content (AvgIpc) is 2.82. The molecule has 0 bridgehead atoms. The quantitative estimate of drug-likeness (QED) is 0.904. The maximum Gasteiger partial charge on any atom is 0.254 e. The summed E-state index contributed by atoms with van der Waals surface area (Å²) in [6.45, 7) is 1.59. The molecule has 1 aromatic heterocycles. The van der Waals surface area contributed by atoms with Crippen LogP contribution in [0.1, 0.15) is 28.0 Å². The molecule has 1 amide bonds. The van der Waals surface area contributed by atoms with Crippen molar-refractivity contribution in [3.05, 3.63) is 59.1 Å². The lowest BCUT2D eigenvalue weighted by Crippen LogP contribution is -2.29. The zero-order valence-corrected chi connectivity index (χ0v) is 10.7. The van der Waals surface area contributed by atoms with E-state index in [4.69, 9.17) is 4.42 Å². The molecule has 0 saturated carbocycles. The minimum absolute atomic E-state index is 0.136. The fourth-order valence-electron chi connectivity index (χ4n) is 1.69. The molecule has 2 rings (SSSR count). The first-order chi connectivity index (χ1) is 9.47. The normalized spacial score (nSPS) is 12.2. The molecule has 20 heavy (non-hydrogen) atoms. The predicted molar refractivity (Wildman–Crippen MR) is 67.1 cm³/mol. The predicted octanol–water partition coefficient (Wildman–Crippen LogP) is 2.33. The van der Waals surface area contributed by atoms with E-state index in [0.717, 1.165) is 12.1 Å². The Morgan fingerprint density at radius 1 is 1.35 bits per heavy atom. The van der Waals surface area contributed by atoms with E-state index in [1.807, 2.05) is 0 Å². The Balaban J connectivity index is 1.98. The van der Waals surface area contributed by atoms with Gasteiger partial charge < -0.3 is 14.8 Å². The summed E-state index contributed by atoms with van der Waals surface area (Å²) in [6, 6.07) is 5.93. The third kappa shape index (κ3) is 3.21. The molecule has 0 fully saturated rings. The number of carbonyl (C=O) groups is 1. The molecular formula is C14H13F2NO3. The van der Waals surface area contributed by atoms with Gasteiger partial charge in [-0.1, -0.05) is 0 Å². The van der Waals surface area contributed by atoms with Crippen molar-refractivity contribution in [2.45, 2.75) is 13.0 Å². The van der Waals surface area contributed by atoms with Crippen molar-refractivity contribution in [1.82, 2.24) is 5.32 Å². The Hall–Kier alpha value is -2.21. The first kappa shape index (κ1) is 14.2. The van der Waals surface area contributed by atoms with Crippen molar-refractivity contribution in [3.8, 4) is 0 Å². The zero-order chi connectivity index (χ0) is 14.7. The number of furan rings is 1. The van der Waals surface area contributed by atoms with Crippen LogP contribution >= 0.6 is 0 Å². The number of benzene rings is 1. The summed E-state index contributed by atoms with van der Waals surface area (Å²) < 4.78 is 31.3. The van der Waals surface area contributed by atoms with E-state index in [-0.39, 0.29) is 12.1 Å². The molecule has 1 aromatic carbocycles. The fourth-order valence-corrected chi connectivity index (χ4v) is 1.69. The lowest BCUT2D eigenvalue weighted by Gasteiger charge is -2.10. The minimum Gasteiger partial charge on any atom is -0.464 e. The SMILES string of the molecule is Cc1ccc(C(O)CNC(=O)c2ccc(F)cc2F)o1. The van der Waals surface area contributed by atoms with Gasteiger partial charge in [0.25, 0.3) is 5.91 Å². The number of aryl methyl sites for hydroxylation is 1. The third-order valence-corrected chi connectivity index (χ3v) is 2.72. The number of hydrogen-bond donors (Lipinski definition) is 2. The summed E-state index contributed by atoms with van der Waals surface area (Å²) in [5, 5.41) is 12.1. The van der Waals surface area contributed by atoms with Crippen LogP contribution in [0.3, 0.4) is 0 Å². The van der Waals surface area contributed by atoms with E-state index in [2.05, 4.69) is 5.32 Å². The second-order valence-corrected chi connectivity index (χ2v) is 4.30. The molecule has 0 spiro atoms. The van der Waals surface area contributed by atoms with Crippen LogP contribution < -0.4 is 5.32 Å². The second-order valence-electron chi connectivity index (χ2n) is 4.30. The molecule has 2 aromatic rings. The molecule has 1 heterocycles. The van der Waals surface area contributed by atoms with E-state index >= 15 is 0 Å². The van der Waals surface area contributed by atoms with E-state index in [1.165, 1.54) is 0 Å². The van der Waals surface area contributed by atoms with E-state index in [1.54, 1.807) is 19.1 Å². The lowest BCUT2D eigenvalue weighted by molar-refractivity contribution is 0.0896. The monoisotopic (exact) mass is 281 g/mol. The van der Waals surface area contributed by atoms with Crippen molar-refractivity contribution in [2.24, 2.45) is 0 Å². The van der Waals surface area contributed by atoms with Gasteiger partial charge in [-0.15, -0.1) is 0 Å². The number of amides is 1. The molecule has 6 heteroatoms. The fraction of sp³-hybridized carbons (Fsp3) is 0.214. The molecule has 4 nitrogen and oxygen atoms in total. The van der Waals surface area contributed by atoms with Gasteiger partial charge in [0.05, 0.1) is 12.1 Å². The minimum atomic E-state index is -1.03. The highest BCUT2D eigenvalue weighted by molar-refractivity contribution is 5.94. The van der Waals surface area contributed by atoms with Crippen LogP contribution in [0.15, 0.2) is 34.7 Å². The number of carbonyl (C=O) groups excluding carboxylic acids is 1. The highest BCUT2D eigenvalue weighted by Gasteiger charge is 2.16. The van der Waals surface area contributed by atoms with Crippen LogP contribution in [0.4, 0.5) is 8.78 Å². The molecule has 0 aliphatic carbocycles. The van der Waals surface area contributed by atoms with Gasteiger partial charge in [0.15, 0.2) is 0 Å². The number of aliphatic hydroxyl groups excluding tert-OH is 1. The van der Waals surface area contributed by atoms with Crippen molar-refractivity contribution < 1.29 is 23.1 Å². The van der Waals surface area contributed by atoms with Crippen LogP contribution in [0.25, 0.3) is 0 Å². The maximum atomic E-state index is 13.4. The summed E-state index contributed by atoms with van der Waals surface area (Å²) in [5.74, 6) is -1.50. The topological polar surface area (TPSA) is 62.5 Å². The van der Waals surface area contributed by atoms with E-state index in [0.29, 0.717) is 17.6 Å². The number of rotatable bonds is 4. The first-order valence-corrected chi connectivity index (χ1v) is 5.95. The van der Waals surface area contributed by atoms with E-state index < -0.39 is 23.6 Å². The number of hydrogen-bond acceptors (Lipinski definition) is 3. The maximum absolute atomic E-state index is 13.4. The number of nitrogens with one attached hydrogen (secondary N) is 1. The summed E-state index contributed by atoms with van der Waals surface area (Å²) in [4.78, 5) is 11.7. The van der Waals surface area contributed by atoms with Crippen LogP contribution in [-0.2, 0) is 0 Å². The Labute approximate surface area is 114 Å². The van der Waals surface area contributed by atoms with Crippen molar-refractivity contribution in [3.63, 3.8) is 0 Å². The van der Waals surface area contributed by atoms with Crippen LogP contribution in [0, 0.1) is 18.6 Å². The van der Waals surface area contributed by atoms with Crippen molar-refractivity contribution in [1.29, 1.82) is 0 Å². The molecular weight excluding hydrogens is 268 g/mol. The van der Waals surface area contributed by atoms with Crippen molar-refractivity contribution >= 4 is 5.91 Å². The van der Waals surface area contributed by atoms with Crippen LogP contribution in [-0.4, -0.2) is 17.6 Å². The Kier molecular flexibility index (Phi) is 4.14. The van der Waals surface area contributed by atoms with Crippen molar-refractivity contribution in [2.75, 3.05) is 6.54 Å². The number of aliphatic hydroxyl groups is 1. The molecule has 2 N–H and O–H groups in total. The van der Waals surface area contributed by atoms with Crippen LogP contribution in [0.2, 0.25) is 0 Å². The summed E-state index contributed by atoms with van der Waals surface area (Å²) in [7, 11) is 0. The largest absolute Gasteiger partial charge is 0.464 e.